The minimum Gasteiger partial charge on any atom is -0.492 e. The summed E-state index contributed by atoms with van der Waals surface area (Å²) in [6.07, 6.45) is 0. The molecule has 0 spiro atoms. The Morgan fingerprint density at radius 1 is 1.39 bits per heavy atom. The third kappa shape index (κ3) is 4.66. The summed E-state index contributed by atoms with van der Waals surface area (Å²) < 4.78 is 18.3. The molecule has 23 heavy (non-hydrogen) atoms. The summed E-state index contributed by atoms with van der Waals surface area (Å²) in [5.41, 5.74) is 0. The van der Waals surface area contributed by atoms with E-state index in [1.165, 1.54) is 19.1 Å². The van der Waals surface area contributed by atoms with E-state index < -0.39 is 6.04 Å². The molecule has 1 aliphatic rings. The molecular formula is C16H22FN3O3. The molecule has 0 radical (unpaired) electrons. The van der Waals surface area contributed by atoms with Crippen molar-refractivity contribution >= 4 is 11.8 Å². The molecular weight excluding hydrogens is 301 g/mol. The van der Waals surface area contributed by atoms with E-state index in [0.717, 1.165) is 0 Å². The summed E-state index contributed by atoms with van der Waals surface area (Å²) in [6.45, 7) is 3.85. The van der Waals surface area contributed by atoms with Crippen LogP contribution < -0.4 is 10.1 Å². The van der Waals surface area contributed by atoms with Crippen molar-refractivity contribution in [1.29, 1.82) is 0 Å². The summed E-state index contributed by atoms with van der Waals surface area (Å²) in [5, 5.41) is 3.13. The number of hydrogen-bond donors (Lipinski definition) is 1. The molecule has 1 saturated heterocycles. The van der Waals surface area contributed by atoms with Gasteiger partial charge in [-0.15, -0.1) is 0 Å². The highest BCUT2D eigenvalue weighted by atomic mass is 19.1. The molecule has 0 bridgehead atoms. The monoisotopic (exact) mass is 323 g/mol. The highest BCUT2D eigenvalue weighted by molar-refractivity contribution is 5.87. The number of piperazine rings is 1. The van der Waals surface area contributed by atoms with E-state index in [1.54, 1.807) is 29.0 Å². The summed E-state index contributed by atoms with van der Waals surface area (Å²) >= 11 is 0. The van der Waals surface area contributed by atoms with E-state index in [4.69, 9.17) is 4.74 Å². The van der Waals surface area contributed by atoms with Crippen LogP contribution in [-0.2, 0) is 9.59 Å². The number of rotatable bonds is 5. The number of likely N-dealkylation sites (N-methyl/N-ethyl adjacent to an activating group) is 1. The topological polar surface area (TPSA) is 61.9 Å². The minimum absolute atomic E-state index is 0.0965. The number of benzene rings is 1. The van der Waals surface area contributed by atoms with E-state index in [-0.39, 0.29) is 17.6 Å². The second kappa shape index (κ2) is 7.92. The van der Waals surface area contributed by atoms with Gasteiger partial charge in [0.05, 0.1) is 6.54 Å². The van der Waals surface area contributed by atoms with E-state index in [2.05, 4.69) is 5.32 Å². The number of halogens is 1. The Balaban J connectivity index is 1.84. The van der Waals surface area contributed by atoms with E-state index in [0.29, 0.717) is 38.5 Å². The average Bonchev–Trinajstić information content (AvgIpc) is 2.55. The molecule has 1 fully saturated rings. The standard InChI is InChI=1S/C16H22FN3O3/c1-12(21)20-8-7-18-11-15(20)16(22)19(2)9-10-23-14-5-3-13(17)4-6-14/h3-6,15,18H,7-11H2,1-2H3/t15-/m0/s1. The van der Waals surface area contributed by atoms with E-state index in [1.807, 2.05) is 0 Å². The maximum atomic E-state index is 12.8. The van der Waals surface area contributed by atoms with Gasteiger partial charge in [0.15, 0.2) is 0 Å². The average molecular weight is 323 g/mol. The maximum absolute atomic E-state index is 12.8. The van der Waals surface area contributed by atoms with Gasteiger partial charge in [-0.3, -0.25) is 9.59 Å². The Morgan fingerprint density at radius 3 is 2.74 bits per heavy atom. The molecule has 2 amide bonds. The fourth-order valence-corrected chi connectivity index (χ4v) is 2.50. The van der Waals surface area contributed by atoms with Crippen LogP contribution in [0, 0.1) is 5.82 Å². The Morgan fingerprint density at radius 2 is 2.09 bits per heavy atom. The highest BCUT2D eigenvalue weighted by Crippen LogP contribution is 2.11. The molecule has 126 valence electrons. The lowest BCUT2D eigenvalue weighted by molar-refractivity contribution is -0.145. The van der Waals surface area contributed by atoms with Gasteiger partial charge < -0.3 is 19.9 Å². The lowest BCUT2D eigenvalue weighted by atomic mass is 10.1. The summed E-state index contributed by atoms with van der Waals surface area (Å²) in [5.74, 6) is 0.0200. The predicted octanol–water partition coefficient (Wildman–Crippen LogP) is 0.483. The summed E-state index contributed by atoms with van der Waals surface area (Å²) in [4.78, 5) is 27.3. The Labute approximate surface area is 135 Å². The second-order valence-corrected chi connectivity index (χ2v) is 5.49. The van der Waals surface area contributed by atoms with Gasteiger partial charge in [-0.05, 0) is 24.3 Å². The van der Waals surface area contributed by atoms with Gasteiger partial charge in [-0.2, -0.15) is 0 Å². The number of carbonyl (C=O) groups excluding carboxylic acids is 2. The van der Waals surface area contributed by atoms with Crippen molar-refractivity contribution in [2.45, 2.75) is 13.0 Å². The van der Waals surface area contributed by atoms with Gasteiger partial charge in [0.25, 0.3) is 0 Å². The van der Waals surface area contributed by atoms with Gasteiger partial charge in [-0.25, -0.2) is 4.39 Å². The lowest BCUT2D eigenvalue weighted by Crippen LogP contribution is -2.59. The molecule has 0 aromatic heterocycles. The van der Waals surface area contributed by atoms with Crippen LogP contribution in [0.3, 0.4) is 0 Å². The van der Waals surface area contributed by atoms with Crippen LogP contribution in [0.4, 0.5) is 4.39 Å². The maximum Gasteiger partial charge on any atom is 0.246 e. The zero-order valence-corrected chi connectivity index (χ0v) is 13.4. The first-order valence-corrected chi connectivity index (χ1v) is 7.60. The van der Waals surface area contributed by atoms with Crippen LogP contribution >= 0.6 is 0 Å². The van der Waals surface area contributed by atoms with E-state index >= 15 is 0 Å². The van der Waals surface area contributed by atoms with Crippen LogP contribution in [0.25, 0.3) is 0 Å². The summed E-state index contributed by atoms with van der Waals surface area (Å²) in [6, 6.07) is 5.25. The largest absolute Gasteiger partial charge is 0.492 e. The fourth-order valence-electron chi connectivity index (χ4n) is 2.50. The van der Waals surface area contributed by atoms with Gasteiger partial charge in [0, 0.05) is 33.6 Å². The SMILES string of the molecule is CC(=O)N1CCNC[C@H]1C(=O)N(C)CCOc1ccc(F)cc1. The molecule has 7 heteroatoms. The molecule has 1 aromatic carbocycles. The first kappa shape index (κ1) is 17.2. The van der Waals surface area contributed by atoms with Crippen molar-refractivity contribution in [2.24, 2.45) is 0 Å². The predicted molar refractivity (Wildman–Crippen MR) is 83.6 cm³/mol. The third-order valence-corrected chi connectivity index (χ3v) is 3.82. The lowest BCUT2D eigenvalue weighted by Gasteiger charge is -2.36. The zero-order chi connectivity index (χ0) is 16.8. The van der Waals surface area contributed by atoms with Crippen molar-refractivity contribution in [2.75, 3.05) is 39.8 Å². The highest BCUT2D eigenvalue weighted by Gasteiger charge is 2.32. The summed E-state index contributed by atoms with van der Waals surface area (Å²) in [7, 11) is 1.68. The van der Waals surface area contributed by atoms with Gasteiger partial charge in [-0.1, -0.05) is 0 Å². The molecule has 0 unspecified atom stereocenters. The van der Waals surface area contributed by atoms with Gasteiger partial charge in [0.2, 0.25) is 11.8 Å². The number of amides is 2. The molecule has 2 rings (SSSR count). The molecule has 1 heterocycles. The van der Waals surface area contributed by atoms with Crippen LogP contribution in [-0.4, -0.2) is 67.5 Å². The Hall–Kier alpha value is -2.15. The number of hydrogen-bond acceptors (Lipinski definition) is 4. The third-order valence-electron chi connectivity index (χ3n) is 3.82. The molecule has 1 aliphatic heterocycles. The van der Waals surface area contributed by atoms with Crippen molar-refractivity contribution in [3.8, 4) is 5.75 Å². The van der Waals surface area contributed by atoms with Crippen LogP contribution in [0.5, 0.6) is 5.75 Å². The van der Waals surface area contributed by atoms with Gasteiger partial charge in [0.1, 0.15) is 24.2 Å². The van der Waals surface area contributed by atoms with Crippen molar-refractivity contribution in [3.05, 3.63) is 30.1 Å². The Bertz CT molecular complexity index is 550. The van der Waals surface area contributed by atoms with Crippen molar-refractivity contribution in [1.82, 2.24) is 15.1 Å². The first-order valence-electron chi connectivity index (χ1n) is 7.60. The molecule has 0 saturated carbocycles. The minimum atomic E-state index is -0.475. The van der Waals surface area contributed by atoms with E-state index in [9.17, 15) is 14.0 Å². The first-order chi connectivity index (χ1) is 11.0. The molecule has 1 atom stereocenters. The number of nitrogens with zero attached hydrogens (tertiary/aromatic N) is 2. The number of carbonyl (C=O) groups is 2. The number of ether oxygens (including phenoxy) is 1. The molecule has 1 N–H and O–H groups in total. The molecule has 1 aromatic rings. The van der Waals surface area contributed by atoms with Crippen molar-refractivity contribution in [3.63, 3.8) is 0 Å². The Kier molecular flexibility index (Phi) is 5.92. The smallest absolute Gasteiger partial charge is 0.246 e. The van der Waals surface area contributed by atoms with Crippen molar-refractivity contribution < 1.29 is 18.7 Å². The second-order valence-electron chi connectivity index (χ2n) is 5.49. The zero-order valence-electron chi connectivity index (χ0n) is 13.4. The normalized spacial score (nSPS) is 17.7. The van der Waals surface area contributed by atoms with Crippen LogP contribution in [0.1, 0.15) is 6.92 Å². The quantitative estimate of drug-likeness (QED) is 0.856. The molecule has 0 aliphatic carbocycles. The fraction of sp³-hybridized carbons (Fsp3) is 0.500. The van der Waals surface area contributed by atoms with Gasteiger partial charge >= 0.3 is 0 Å². The van der Waals surface area contributed by atoms with Crippen LogP contribution in [0.2, 0.25) is 0 Å². The number of nitrogens with one attached hydrogen (secondary N) is 1. The van der Waals surface area contributed by atoms with Crippen LogP contribution in [0.15, 0.2) is 24.3 Å². The molecule has 6 nitrogen and oxygen atoms in total.